The Kier molecular flexibility index (Phi) is 2.04. The molecule has 1 unspecified atom stereocenters. The zero-order valence-corrected chi connectivity index (χ0v) is 9.63. The number of carbonyl (C=O) groups excluding carboxylic acids is 1. The van der Waals surface area contributed by atoms with Crippen LogP contribution in [0.25, 0.3) is 0 Å². The van der Waals surface area contributed by atoms with Crippen molar-refractivity contribution in [2.24, 2.45) is 10.8 Å². The zero-order chi connectivity index (χ0) is 10.6. The number of halogens is 1. The molecular weight excluding hydrogens is 248 g/mol. The van der Waals surface area contributed by atoms with Crippen molar-refractivity contribution in [1.29, 1.82) is 0 Å². The van der Waals surface area contributed by atoms with Crippen molar-refractivity contribution >= 4 is 27.7 Å². The number of rotatable bonds is 4. The van der Waals surface area contributed by atoms with E-state index in [-0.39, 0.29) is 16.0 Å². The molecule has 0 aromatic heterocycles. The van der Waals surface area contributed by atoms with Crippen LogP contribution in [0.4, 0.5) is 0 Å². The number of carboxylic acid groups (broad SMARTS) is 1. The molecule has 0 radical (unpaired) electrons. The van der Waals surface area contributed by atoms with Crippen LogP contribution in [0.15, 0.2) is 0 Å². The maximum Gasteiger partial charge on any atom is 0.310 e. The molecule has 3 fully saturated rings. The Labute approximate surface area is 91.0 Å². The summed E-state index contributed by atoms with van der Waals surface area (Å²) >= 11 is 3.36. The first kappa shape index (κ1) is 10.1. The lowest BCUT2D eigenvalue weighted by molar-refractivity contribution is -0.212. The standard InChI is InChI=1S/C10H13BrO3/c1-2-3-6(12)9-4-10(5-9,7(9)11)8(13)14/h7H,2-5H2,1H3,(H,13,14). The summed E-state index contributed by atoms with van der Waals surface area (Å²) in [4.78, 5) is 22.5. The summed E-state index contributed by atoms with van der Waals surface area (Å²) < 4.78 is 0. The predicted molar refractivity (Wildman–Crippen MR) is 54.4 cm³/mol. The predicted octanol–water partition coefficient (Wildman–Crippen LogP) is 1.98. The highest BCUT2D eigenvalue weighted by molar-refractivity contribution is 9.09. The van der Waals surface area contributed by atoms with Crippen molar-refractivity contribution in [1.82, 2.24) is 0 Å². The minimum Gasteiger partial charge on any atom is -0.481 e. The fourth-order valence-corrected chi connectivity index (χ4v) is 3.87. The lowest BCUT2D eigenvalue weighted by atomic mass is 9.33. The van der Waals surface area contributed by atoms with Crippen LogP contribution in [-0.2, 0) is 9.59 Å². The summed E-state index contributed by atoms with van der Waals surface area (Å²) in [5, 5.41) is 8.99. The second-order valence-electron chi connectivity index (χ2n) is 4.51. The molecule has 78 valence electrons. The molecule has 3 saturated carbocycles. The number of Topliss-reactive ketones (excluding diaryl/α,β-unsaturated/α-hetero) is 1. The minimum atomic E-state index is -0.759. The molecule has 3 nitrogen and oxygen atoms in total. The number of carboxylic acids is 1. The van der Waals surface area contributed by atoms with Gasteiger partial charge in [-0.3, -0.25) is 9.59 Å². The number of hydrogen-bond donors (Lipinski definition) is 1. The van der Waals surface area contributed by atoms with E-state index in [4.69, 9.17) is 5.11 Å². The summed E-state index contributed by atoms with van der Waals surface area (Å²) in [5.41, 5.74) is -0.947. The SMILES string of the molecule is CCCC(=O)C12CC(C(=O)O)(C1)C2Br. The van der Waals surface area contributed by atoms with E-state index in [2.05, 4.69) is 15.9 Å². The molecule has 0 aromatic carbocycles. The van der Waals surface area contributed by atoms with Gasteiger partial charge in [-0.05, 0) is 19.3 Å². The Hall–Kier alpha value is -0.380. The number of hydrogen-bond acceptors (Lipinski definition) is 2. The Morgan fingerprint density at radius 1 is 1.43 bits per heavy atom. The third-order valence-electron chi connectivity index (χ3n) is 3.69. The average molecular weight is 261 g/mol. The van der Waals surface area contributed by atoms with Crippen LogP contribution < -0.4 is 0 Å². The quantitative estimate of drug-likeness (QED) is 0.787. The molecule has 0 amide bonds. The van der Waals surface area contributed by atoms with Gasteiger partial charge in [-0.2, -0.15) is 0 Å². The highest BCUT2D eigenvalue weighted by Gasteiger charge is 2.80. The number of carbonyl (C=O) groups is 2. The third-order valence-corrected chi connectivity index (χ3v) is 5.44. The summed E-state index contributed by atoms with van der Waals surface area (Å²) in [6.07, 6.45) is 2.52. The monoisotopic (exact) mass is 260 g/mol. The number of ketones is 1. The molecule has 14 heavy (non-hydrogen) atoms. The van der Waals surface area contributed by atoms with Gasteiger partial charge in [-0.15, -0.1) is 0 Å². The molecule has 0 heterocycles. The van der Waals surface area contributed by atoms with Gasteiger partial charge in [0.2, 0.25) is 0 Å². The number of aliphatic carboxylic acids is 1. The van der Waals surface area contributed by atoms with E-state index in [1.54, 1.807) is 0 Å². The normalized spacial score (nSPS) is 43.7. The first-order valence-corrected chi connectivity index (χ1v) is 5.82. The topological polar surface area (TPSA) is 54.4 Å². The minimum absolute atomic E-state index is 0.126. The van der Waals surface area contributed by atoms with Gasteiger partial charge in [0.05, 0.1) is 5.41 Å². The van der Waals surface area contributed by atoms with E-state index in [9.17, 15) is 9.59 Å². The molecule has 0 aliphatic heterocycles. The molecule has 4 heteroatoms. The fraction of sp³-hybridized carbons (Fsp3) is 0.800. The Morgan fingerprint density at radius 3 is 2.36 bits per heavy atom. The molecule has 3 aliphatic carbocycles. The first-order valence-electron chi connectivity index (χ1n) is 4.90. The molecule has 1 N–H and O–H groups in total. The summed E-state index contributed by atoms with van der Waals surface area (Å²) in [7, 11) is 0. The van der Waals surface area contributed by atoms with Crippen molar-refractivity contribution < 1.29 is 14.7 Å². The summed E-state index contributed by atoms with van der Waals surface area (Å²) in [6, 6.07) is 0. The summed E-state index contributed by atoms with van der Waals surface area (Å²) in [5.74, 6) is -0.518. The smallest absolute Gasteiger partial charge is 0.310 e. The van der Waals surface area contributed by atoms with Crippen LogP contribution in [-0.4, -0.2) is 21.7 Å². The maximum atomic E-state index is 11.7. The van der Waals surface area contributed by atoms with Crippen LogP contribution in [0, 0.1) is 10.8 Å². The van der Waals surface area contributed by atoms with E-state index in [1.807, 2.05) is 6.92 Å². The van der Waals surface area contributed by atoms with E-state index in [1.165, 1.54) is 0 Å². The third kappa shape index (κ3) is 0.879. The van der Waals surface area contributed by atoms with Crippen LogP contribution in [0.2, 0.25) is 0 Å². The van der Waals surface area contributed by atoms with Crippen molar-refractivity contribution in [3.05, 3.63) is 0 Å². The lowest BCUT2D eigenvalue weighted by Gasteiger charge is -2.71. The average Bonchev–Trinajstić information content (AvgIpc) is 2.01. The van der Waals surface area contributed by atoms with Gasteiger partial charge >= 0.3 is 5.97 Å². The van der Waals surface area contributed by atoms with Crippen molar-refractivity contribution in [3.63, 3.8) is 0 Å². The molecule has 0 spiro atoms. The molecular formula is C10H13BrO3. The lowest BCUT2D eigenvalue weighted by Crippen LogP contribution is -2.77. The molecule has 0 saturated heterocycles. The van der Waals surface area contributed by atoms with Crippen LogP contribution >= 0.6 is 15.9 Å². The van der Waals surface area contributed by atoms with E-state index in [0.29, 0.717) is 19.3 Å². The highest BCUT2D eigenvalue weighted by atomic mass is 79.9. The van der Waals surface area contributed by atoms with Crippen molar-refractivity contribution in [2.45, 2.75) is 37.4 Å². The van der Waals surface area contributed by atoms with Crippen molar-refractivity contribution in [2.75, 3.05) is 0 Å². The molecule has 0 aromatic rings. The first-order chi connectivity index (χ1) is 6.49. The van der Waals surface area contributed by atoms with E-state index in [0.717, 1.165) is 6.42 Å². The van der Waals surface area contributed by atoms with Gasteiger partial charge < -0.3 is 5.11 Å². The second kappa shape index (κ2) is 2.81. The Bertz CT molecular complexity index is 304. The zero-order valence-electron chi connectivity index (χ0n) is 8.05. The second-order valence-corrected chi connectivity index (χ2v) is 5.42. The van der Waals surface area contributed by atoms with Gasteiger partial charge in [0.25, 0.3) is 0 Å². The van der Waals surface area contributed by atoms with E-state index >= 15 is 0 Å². The van der Waals surface area contributed by atoms with Crippen LogP contribution in [0.5, 0.6) is 0 Å². The van der Waals surface area contributed by atoms with Gasteiger partial charge in [0, 0.05) is 16.7 Å². The largest absolute Gasteiger partial charge is 0.481 e. The molecule has 3 aliphatic rings. The Balaban J connectivity index is 2.08. The van der Waals surface area contributed by atoms with E-state index < -0.39 is 11.4 Å². The fourth-order valence-electron chi connectivity index (χ4n) is 2.77. The van der Waals surface area contributed by atoms with Crippen molar-refractivity contribution in [3.8, 4) is 0 Å². The number of alkyl halides is 1. The highest BCUT2D eigenvalue weighted by Crippen LogP contribution is 2.76. The van der Waals surface area contributed by atoms with Gasteiger partial charge in [-0.1, -0.05) is 22.9 Å². The summed E-state index contributed by atoms with van der Waals surface area (Å²) in [6.45, 7) is 1.97. The Morgan fingerprint density at radius 2 is 2.00 bits per heavy atom. The van der Waals surface area contributed by atoms with Gasteiger partial charge in [0.1, 0.15) is 5.78 Å². The van der Waals surface area contributed by atoms with Crippen LogP contribution in [0.3, 0.4) is 0 Å². The maximum absolute atomic E-state index is 11.7. The molecule has 3 rings (SSSR count). The van der Waals surface area contributed by atoms with Gasteiger partial charge in [0.15, 0.2) is 0 Å². The van der Waals surface area contributed by atoms with Crippen LogP contribution in [0.1, 0.15) is 32.6 Å². The molecule has 2 bridgehead atoms. The molecule has 1 atom stereocenters. The van der Waals surface area contributed by atoms with Gasteiger partial charge in [-0.25, -0.2) is 0 Å².